The molecule has 0 aliphatic rings. The maximum absolute atomic E-state index is 12.2. The quantitative estimate of drug-likeness (QED) is 0.784. The third-order valence-electron chi connectivity index (χ3n) is 3.59. The number of sulfonamides is 1. The molecule has 134 valence electrons. The fourth-order valence-corrected chi connectivity index (χ4v) is 4.00. The van der Waals surface area contributed by atoms with E-state index >= 15 is 0 Å². The molecule has 2 aromatic carbocycles. The molecule has 0 radical (unpaired) electrons. The summed E-state index contributed by atoms with van der Waals surface area (Å²) >= 11 is 1.46. The van der Waals surface area contributed by atoms with Crippen molar-refractivity contribution in [1.29, 1.82) is 0 Å². The van der Waals surface area contributed by atoms with E-state index in [2.05, 4.69) is 11.4 Å². The number of rotatable bonds is 6. The number of hydrogen-bond donors (Lipinski definition) is 1. The topological polar surface area (TPSA) is 66.5 Å². The lowest BCUT2D eigenvalue weighted by Gasteiger charge is -2.13. The minimum absolute atomic E-state index is 0.150. The molecule has 0 saturated heterocycles. The third kappa shape index (κ3) is 5.07. The highest BCUT2D eigenvalue weighted by Crippen LogP contribution is 2.24. The van der Waals surface area contributed by atoms with Gasteiger partial charge in [0.15, 0.2) is 0 Å². The average Bonchev–Trinajstić information content (AvgIpc) is 2.54. The van der Waals surface area contributed by atoms with E-state index in [4.69, 9.17) is 0 Å². The zero-order chi connectivity index (χ0) is 18.6. The van der Waals surface area contributed by atoms with Crippen LogP contribution in [0.2, 0.25) is 0 Å². The standard InChI is InChI=1S/C18H22N2O3S2/c1-13-8-9-17(14(2)10-13)24-12-18(21)19-15-6-5-7-16(11-15)25(22,23)20(3)4/h5-11H,12H2,1-4H3,(H,19,21). The zero-order valence-electron chi connectivity index (χ0n) is 14.7. The Kier molecular flexibility index (Phi) is 6.26. The van der Waals surface area contributed by atoms with Crippen LogP contribution in [0.5, 0.6) is 0 Å². The molecule has 0 saturated carbocycles. The lowest BCUT2D eigenvalue weighted by molar-refractivity contribution is -0.113. The Morgan fingerprint density at radius 1 is 1.12 bits per heavy atom. The summed E-state index contributed by atoms with van der Waals surface area (Å²) in [5, 5.41) is 2.75. The van der Waals surface area contributed by atoms with E-state index in [0.717, 1.165) is 14.8 Å². The molecular formula is C18H22N2O3S2. The number of thioether (sulfide) groups is 1. The van der Waals surface area contributed by atoms with Gasteiger partial charge in [-0.05, 0) is 43.7 Å². The average molecular weight is 379 g/mol. The Morgan fingerprint density at radius 2 is 1.84 bits per heavy atom. The summed E-state index contributed by atoms with van der Waals surface area (Å²) in [5.41, 5.74) is 2.79. The number of carbonyl (C=O) groups excluding carboxylic acids is 1. The van der Waals surface area contributed by atoms with E-state index in [1.165, 1.54) is 43.6 Å². The molecule has 0 aliphatic heterocycles. The van der Waals surface area contributed by atoms with E-state index in [9.17, 15) is 13.2 Å². The van der Waals surface area contributed by atoms with Gasteiger partial charge in [-0.15, -0.1) is 11.8 Å². The largest absolute Gasteiger partial charge is 0.325 e. The summed E-state index contributed by atoms with van der Waals surface area (Å²) in [5.74, 6) is 0.0820. The summed E-state index contributed by atoms with van der Waals surface area (Å²) in [6.45, 7) is 4.05. The van der Waals surface area contributed by atoms with E-state index in [-0.39, 0.29) is 16.6 Å². The normalized spacial score (nSPS) is 11.6. The molecule has 1 N–H and O–H groups in total. The first kappa shape index (κ1) is 19.5. The second-order valence-electron chi connectivity index (χ2n) is 5.92. The van der Waals surface area contributed by atoms with Crippen molar-refractivity contribution in [3.8, 4) is 0 Å². The molecule has 25 heavy (non-hydrogen) atoms. The highest BCUT2D eigenvalue weighted by molar-refractivity contribution is 8.00. The van der Waals surface area contributed by atoms with Crippen LogP contribution in [0.4, 0.5) is 5.69 Å². The van der Waals surface area contributed by atoms with Crippen molar-refractivity contribution in [3.05, 3.63) is 53.6 Å². The van der Waals surface area contributed by atoms with Crippen LogP contribution in [0.15, 0.2) is 52.3 Å². The number of hydrogen-bond acceptors (Lipinski definition) is 4. The molecule has 0 atom stereocenters. The van der Waals surface area contributed by atoms with Crippen LogP contribution >= 0.6 is 11.8 Å². The van der Waals surface area contributed by atoms with Crippen LogP contribution in [0.25, 0.3) is 0 Å². The minimum Gasteiger partial charge on any atom is -0.325 e. The van der Waals surface area contributed by atoms with Crippen molar-refractivity contribution >= 4 is 33.4 Å². The zero-order valence-corrected chi connectivity index (χ0v) is 16.4. The Labute approximate surface area is 153 Å². The molecule has 7 heteroatoms. The molecule has 2 rings (SSSR count). The molecule has 5 nitrogen and oxygen atoms in total. The Balaban J connectivity index is 2.03. The van der Waals surface area contributed by atoms with Gasteiger partial charge in [0, 0.05) is 24.7 Å². The predicted molar refractivity (Wildman–Crippen MR) is 103 cm³/mol. The van der Waals surface area contributed by atoms with E-state index in [1.807, 2.05) is 26.0 Å². The molecule has 0 unspecified atom stereocenters. The number of anilines is 1. The lowest BCUT2D eigenvalue weighted by atomic mass is 10.2. The first-order valence-corrected chi connectivity index (χ1v) is 10.1. The summed E-state index contributed by atoms with van der Waals surface area (Å²) in [4.78, 5) is 13.4. The molecule has 0 spiro atoms. The molecule has 2 aromatic rings. The summed E-state index contributed by atoms with van der Waals surface area (Å²) in [6.07, 6.45) is 0. The molecule has 0 fully saturated rings. The number of nitrogens with one attached hydrogen (secondary N) is 1. The van der Waals surface area contributed by atoms with Crippen LogP contribution in [-0.4, -0.2) is 38.5 Å². The Hall–Kier alpha value is -1.83. The van der Waals surface area contributed by atoms with Gasteiger partial charge in [0.1, 0.15) is 0 Å². The third-order valence-corrected chi connectivity index (χ3v) is 6.57. The van der Waals surface area contributed by atoms with Gasteiger partial charge in [0.25, 0.3) is 0 Å². The molecule has 0 bridgehead atoms. The second kappa shape index (κ2) is 8.03. The van der Waals surface area contributed by atoms with Gasteiger partial charge in [0.2, 0.25) is 15.9 Å². The van der Waals surface area contributed by atoms with Crippen molar-refractivity contribution in [2.75, 3.05) is 25.2 Å². The van der Waals surface area contributed by atoms with Gasteiger partial charge in [-0.3, -0.25) is 4.79 Å². The van der Waals surface area contributed by atoms with E-state index in [1.54, 1.807) is 12.1 Å². The van der Waals surface area contributed by atoms with E-state index in [0.29, 0.717) is 5.69 Å². The number of carbonyl (C=O) groups is 1. The summed E-state index contributed by atoms with van der Waals surface area (Å²) in [6, 6.07) is 12.4. The highest BCUT2D eigenvalue weighted by atomic mass is 32.2. The van der Waals surface area contributed by atoms with Gasteiger partial charge in [-0.25, -0.2) is 12.7 Å². The van der Waals surface area contributed by atoms with Crippen LogP contribution in [0.3, 0.4) is 0 Å². The van der Waals surface area contributed by atoms with E-state index < -0.39 is 10.0 Å². The van der Waals surface area contributed by atoms with Crippen molar-refractivity contribution in [2.45, 2.75) is 23.6 Å². The maximum Gasteiger partial charge on any atom is 0.242 e. The monoisotopic (exact) mass is 378 g/mol. The number of nitrogens with zero attached hydrogens (tertiary/aromatic N) is 1. The lowest BCUT2D eigenvalue weighted by Crippen LogP contribution is -2.22. The van der Waals surface area contributed by atoms with Gasteiger partial charge >= 0.3 is 0 Å². The van der Waals surface area contributed by atoms with Crippen LogP contribution in [0, 0.1) is 13.8 Å². The highest BCUT2D eigenvalue weighted by Gasteiger charge is 2.17. The predicted octanol–water partition coefficient (Wildman–Crippen LogP) is 3.28. The van der Waals surface area contributed by atoms with Crippen LogP contribution in [0.1, 0.15) is 11.1 Å². The van der Waals surface area contributed by atoms with Crippen molar-refractivity contribution in [2.24, 2.45) is 0 Å². The molecule has 0 heterocycles. The van der Waals surface area contributed by atoms with Crippen molar-refractivity contribution in [1.82, 2.24) is 4.31 Å². The number of benzene rings is 2. The Morgan fingerprint density at radius 3 is 2.48 bits per heavy atom. The van der Waals surface area contributed by atoms with Gasteiger partial charge in [0.05, 0.1) is 10.6 Å². The smallest absolute Gasteiger partial charge is 0.242 e. The maximum atomic E-state index is 12.2. The first-order valence-electron chi connectivity index (χ1n) is 7.72. The summed E-state index contributed by atoms with van der Waals surface area (Å²) < 4.78 is 25.5. The van der Waals surface area contributed by atoms with Gasteiger partial charge < -0.3 is 5.32 Å². The fraction of sp³-hybridized carbons (Fsp3) is 0.278. The molecule has 1 amide bonds. The summed E-state index contributed by atoms with van der Waals surface area (Å²) in [7, 11) is -0.577. The van der Waals surface area contributed by atoms with Crippen molar-refractivity contribution < 1.29 is 13.2 Å². The fourth-order valence-electron chi connectivity index (χ4n) is 2.25. The van der Waals surface area contributed by atoms with Crippen LogP contribution < -0.4 is 5.32 Å². The number of amides is 1. The molecular weight excluding hydrogens is 356 g/mol. The number of aryl methyl sites for hydroxylation is 2. The first-order chi connectivity index (χ1) is 11.7. The van der Waals surface area contributed by atoms with Crippen molar-refractivity contribution in [3.63, 3.8) is 0 Å². The van der Waals surface area contributed by atoms with Gasteiger partial charge in [-0.1, -0.05) is 23.8 Å². The van der Waals surface area contributed by atoms with Gasteiger partial charge in [-0.2, -0.15) is 0 Å². The van der Waals surface area contributed by atoms with Crippen LogP contribution in [-0.2, 0) is 14.8 Å². The minimum atomic E-state index is -3.52. The molecule has 0 aromatic heterocycles. The second-order valence-corrected chi connectivity index (χ2v) is 9.09. The SMILES string of the molecule is Cc1ccc(SCC(=O)Nc2cccc(S(=O)(=O)N(C)C)c2)c(C)c1. The molecule has 0 aliphatic carbocycles. The Bertz CT molecular complexity index is 878.